The van der Waals surface area contributed by atoms with Gasteiger partial charge in [0, 0.05) is 17.9 Å². The van der Waals surface area contributed by atoms with Gasteiger partial charge in [-0.1, -0.05) is 0 Å². The number of rotatable bonds is 5. The Morgan fingerprint density at radius 3 is 2.35 bits per heavy atom. The van der Waals surface area contributed by atoms with Crippen molar-refractivity contribution in [1.29, 1.82) is 0 Å². The van der Waals surface area contributed by atoms with Crippen molar-refractivity contribution >= 4 is 11.9 Å². The monoisotopic (exact) mass is 241 g/mol. The summed E-state index contributed by atoms with van der Waals surface area (Å²) in [5.74, 6) is -1.37. The molecule has 2 aliphatic rings. The molecule has 0 aromatic rings. The molecule has 0 radical (unpaired) electrons. The lowest BCUT2D eigenvalue weighted by Crippen LogP contribution is -2.35. The van der Waals surface area contributed by atoms with Crippen molar-refractivity contribution < 1.29 is 19.8 Å². The number of aliphatic hydroxyl groups excluding tert-OH is 1. The number of hydrogen-bond donors (Lipinski definition) is 3. The van der Waals surface area contributed by atoms with Crippen LogP contribution in [-0.2, 0) is 9.59 Å². The Labute approximate surface area is 100 Å². The molecule has 2 atom stereocenters. The van der Waals surface area contributed by atoms with E-state index in [0.717, 1.165) is 12.8 Å². The quantitative estimate of drug-likeness (QED) is 0.649. The molecule has 2 saturated carbocycles. The van der Waals surface area contributed by atoms with Crippen LogP contribution >= 0.6 is 0 Å². The Bertz CT molecular complexity index is 324. The van der Waals surface area contributed by atoms with E-state index in [9.17, 15) is 9.59 Å². The van der Waals surface area contributed by atoms with Crippen LogP contribution in [0.25, 0.3) is 0 Å². The third-order valence-corrected chi connectivity index (χ3v) is 4.08. The van der Waals surface area contributed by atoms with Crippen LogP contribution in [0.5, 0.6) is 0 Å². The maximum atomic E-state index is 11.8. The van der Waals surface area contributed by atoms with Crippen molar-refractivity contribution in [1.82, 2.24) is 5.32 Å². The van der Waals surface area contributed by atoms with E-state index in [2.05, 4.69) is 5.32 Å². The van der Waals surface area contributed by atoms with Gasteiger partial charge in [0.05, 0.1) is 12.5 Å². The summed E-state index contributed by atoms with van der Waals surface area (Å²) in [5.41, 5.74) is -0.0829. The predicted molar refractivity (Wildman–Crippen MR) is 60.2 cm³/mol. The Balaban J connectivity index is 1.76. The summed E-state index contributed by atoms with van der Waals surface area (Å²) >= 11 is 0. The molecule has 0 aromatic heterocycles. The molecule has 17 heavy (non-hydrogen) atoms. The standard InChI is InChI=1S/C12H19NO4/c14-7-12(3-4-12)6-13-10(15)8-1-2-9(5-8)11(16)17/h8-9,14H,1-7H2,(H,13,15)(H,16,17). The smallest absolute Gasteiger partial charge is 0.306 e. The van der Waals surface area contributed by atoms with Crippen molar-refractivity contribution in [2.24, 2.45) is 17.3 Å². The molecule has 0 aromatic carbocycles. The summed E-state index contributed by atoms with van der Waals surface area (Å²) in [4.78, 5) is 22.6. The number of carboxylic acids is 1. The van der Waals surface area contributed by atoms with Crippen LogP contribution in [0, 0.1) is 17.3 Å². The SMILES string of the molecule is O=C(O)C1CCC(C(=O)NCC2(CO)CC2)C1. The van der Waals surface area contributed by atoms with Gasteiger partial charge in [0.25, 0.3) is 0 Å². The van der Waals surface area contributed by atoms with Crippen molar-refractivity contribution in [3.8, 4) is 0 Å². The second-order valence-electron chi connectivity index (χ2n) is 5.42. The molecule has 96 valence electrons. The molecule has 0 aliphatic heterocycles. The minimum atomic E-state index is -0.797. The van der Waals surface area contributed by atoms with Gasteiger partial charge in [0.2, 0.25) is 5.91 Å². The highest BCUT2D eigenvalue weighted by Gasteiger charge is 2.43. The number of amides is 1. The second kappa shape index (κ2) is 4.64. The van der Waals surface area contributed by atoms with E-state index in [1.165, 1.54) is 0 Å². The molecule has 0 saturated heterocycles. The molecule has 2 aliphatic carbocycles. The lowest BCUT2D eigenvalue weighted by atomic mass is 10.0. The van der Waals surface area contributed by atoms with Gasteiger partial charge in [-0.15, -0.1) is 0 Å². The highest BCUT2D eigenvalue weighted by molar-refractivity contribution is 5.80. The van der Waals surface area contributed by atoms with Crippen LogP contribution in [0.2, 0.25) is 0 Å². The van der Waals surface area contributed by atoms with E-state index in [0.29, 0.717) is 25.8 Å². The zero-order valence-corrected chi connectivity index (χ0v) is 9.82. The minimum absolute atomic E-state index is 0.0477. The maximum absolute atomic E-state index is 11.8. The summed E-state index contributed by atoms with van der Waals surface area (Å²) in [6, 6.07) is 0. The number of nitrogens with one attached hydrogen (secondary N) is 1. The average molecular weight is 241 g/mol. The third kappa shape index (κ3) is 2.77. The molecule has 2 rings (SSSR count). The third-order valence-electron chi connectivity index (χ3n) is 4.08. The molecular weight excluding hydrogens is 222 g/mol. The van der Waals surface area contributed by atoms with Crippen LogP contribution in [0.4, 0.5) is 0 Å². The maximum Gasteiger partial charge on any atom is 0.306 e. The number of carbonyl (C=O) groups is 2. The number of carbonyl (C=O) groups excluding carboxylic acids is 1. The van der Waals surface area contributed by atoms with E-state index in [-0.39, 0.29) is 29.8 Å². The number of carboxylic acid groups (broad SMARTS) is 1. The van der Waals surface area contributed by atoms with E-state index >= 15 is 0 Å². The fourth-order valence-corrected chi connectivity index (χ4v) is 2.43. The van der Waals surface area contributed by atoms with Crippen LogP contribution < -0.4 is 5.32 Å². The van der Waals surface area contributed by atoms with E-state index in [4.69, 9.17) is 10.2 Å². The van der Waals surface area contributed by atoms with Gasteiger partial charge in [-0.2, -0.15) is 0 Å². The Morgan fingerprint density at radius 1 is 1.24 bits per heavy atom. The van der Waals surface area contributed by atoms with Crippen molar-refractivity contribution in [3.63, 3.8) is 0 Å². The Morgan fingerprint density at radius 2 is 1.88 bits per heavy atom. The van der Waals surface area contributed by atoms with Gasteiger partial charge in [0.15, 0.2) is 0 Å². The van der Waals surface area contributed by atoms with Gasteiger partial charge >= 0.3 is 5.97 Å². The normalized spacial score (nSPS) is 29.9. The van der Waals surface area contributed by atoms with Gasteiger partial charge < -0.3 is 15.5 Å². The highest BCUT2D eigenvalue weighted by Crippen LogP contribution is 2.44. The molecule has 0 heterocycles. The second-order valence-corrected chi connectivity index (χ2v) is 5.42. The fourth-order valence-electron chi connectivity index (χ4n) is 2.43. The number of aliphatic carboxylic acids is 1. The molecule has 0 bridgehead atoms. The predicted octanol–water partition coefficient (Wildman–Crippen LogP) is 0.376. The van der Waals surface area contributed by atoms with Gasteiger partial charge in [-0.05, 0) is 32.1 Å². The molecular formula is C12H19NO4. The van der Waals surface area contributed by atoms with Gasteiger partial charge in [-0.3, -0.25) is 9.59 Å². The van der Waals surface area contributed by atoms with Crippen LogP contribution in [0.15, 0.2) is 0 Å². The molecule has 2 fully saturated rings. The van der Waals surface area contributed by atoms with E-state index in [1.807, 2.05) is 0 Å². The summed E-state index contributed by atoms with van der Waals surface area (Å²) in [5, 5.41) is 20.8. The Kier molecular flexibility index (Phi) is 3.38. The van der Waals surface area contributed by atoms with Crippen molar-refractivity contribution in [3.05, 3.63) is 0 Å². The first kappa shape index (κ1) is 12.4. The minimum Gasteiger partial charge on any atom is -0.481 e. The zero-order valence-electron chi connectivity index (χ0n) is 9.82. The van der Waals surface area contributed by atoms with E-state index < -0.39 is 5.97 Å². The highest BCUT2D eigenvalue weighted by atomic mass is 16.4. The summed E-state index contributed by atoms with van der Waals surface area (Å²) in [6.07, 6.45) is 3.64. The topological polar surface area (TPSA) is 86.6 Å². The van der Waals surface area contributed by atoms with Gasteiger partial charge in [0.1, 0.15) is 0 Å². The number of aliphatic hydroxyl groups is 1. The largest absolute Gasteiger partial charge is 0.481 e. The van der Waals surface area contributed by atoms with Crippen molar-refractivity contribution in [2.75, 3.05) is 13.2 Å². The molecule has 1 amide bonds. The first-order chi connectivity index (χ1) is 8.06. The first-order valence-corrected chi connectivity index (χ1v) is 6.18. The average Bonchev–Trinajstić information content (AvgIpc) is 2.92. The lowest BCUT2D eigenvalue weighted by molar-refractivity contribution is -0.141. The van der Waals surface area contributed by atoms with Crippen LogP contribution in [0.3, 0.4) is 0 Å². The molecule has 0 spiro atoms. The van der Waals surface area contributed by atoms with Crippen LogP contribution in [-0.4, -0.2) is 35.2 Å². The molecule has 5 nitrogen and oxygen atoms in total. The number of hydrogen-bond acceptors (Lipinski definition) is 3. The fraction of sp³-hybridized carbons (Fsp3) is 0.833. The lowest BCUT2D eigenvalue weighted by Gasteiger charge is -2.15. The Hall–Kier alpha value is -1.10. The summed E-state index contributed by atoms with van der Waals surface area (Å²) < 4.78 is 0. The van der Waals surface area contributed by atoms with Crippen LogP contribution in [0.1, 0.15) is 32.1 Å². The zero-order chi connectivity index (χ0) is 12.5. The first-order valence-electron chi connectivity index (χ1n) is 6.18. The van der Waals surface area contributed by atoms with E-state index in [1.54, 1.807) is 0 Å². The summed E-state index contributed by atoms with van der Waals surface area (Å²) in [6.45, 7) is 0.645. The molecule has 2 unspecified atom stereocenters. The van der Waals surface area contributed by atoms with Gasteiger partial charge in [-0.25, -0.2) is 0 Å². The molecule has 3 N–H and O–H groups in total. The van der Waals surface area contributed by atoms with Crippen molar-refractivity contribution in [2.45, 2.75) is 32.1 Å². The molecule has 5 heteroatoms. The summed E-state index contributed by atoms with van der Waals surface area (Å²) in [7, 11) is 0.